The molecule has 1 saturated carbocycles. The van der Waals surface area contributed by atoms with E-state index in [1.165, 1.54) is 0 Å². The van der Waals surface area contributed by atoms with Crippen molar-refractivity contribution in [3.05, 3.63) is 59.8 Å². The van der Waals surface area contributed by atoms with E-state index in [1.54, 1.807) is 13.1 Å². The maximum atomic E-state index is 9.77. The Morgan fingerprint density at radius 2 is 2.07 bits per heavy atom. The van der Waals surface area contributed by atoms with Gasteiger partial charge in [-0.05, 0) is 56.1 Å². The molecule has 142 valence electrons. The Balaban J connectivity index is 1.27. The minimum absolute atomic E-state index is 0.506. The van der Waals surface area contributed by atoms with Crippen molar-refractivity contribution in [3.8, 4) is 23.2 Å². The number of aliphatic hydroxyl groups excluding tert-OH is 1. The first-order valence-electron chi connectivity index (χ1n) is 9.66. The molecule has 5 rings (SSSR count). The van der Waals surface area contributed by atoms with Gasteiger partial charge < -0.3 is 19.5 Å². The highest BCUT2D eigenvalue weighted by atomic mass is 16.5. The molecule has 0 amide bonds. The quantitative estimate of drug-likeness (QED) is 0.686. The summed E-state index contributed by atoms with van der Waals surface area (Å²) in [6.07, 6.45) is 2.88. The Hall–Kier alpha value is -2.88. The molecule has 1 unspecified atom stereocenters. The number of aliphatic hydroxyl groups is 1. The summed E-state index contributed by atoms with van der Waals surface area (Å²) in [7, 11) is 0. The minimum atomic E-state index is -0.624. The fourth-order valence-electron chi connectivity index (χ4n) is 4.04. The lowest BCUT2D eigenvalue weighted by molar-refractivity contribution is 0.184. The molecule has 0 bridgehead atoms. The number of piperidine rings is 1. The van der Waals surface area contributed by atoms with Gasteiger partial charge in [-0.3, -0.25) is 0 Å². The van der Waals surface area contributed by atoms with E-state index in [-0.39, 0.29) is 0 Å². The van der Waals surface area contributed by atoms with E-state index in [9.17, 15) is 5.11 Å². The number of benzene rings is 1. The Kier molecular flexibility index (Phi) is 4.27. The van der Waals surface area contributed by atoms with Crippen LogP contribution in [-0.4, -0.2) is 32.9 Å². The van der Waals surface area contributed by atoms with Crippen molar-refractivity contribution < 1.29 is 9.63 Å². The molecule has 1 aromatic carbocycles. The van der Waals surface area contributed by atoms with E-state index in [0.717, 1.165) is 47.5 Å². The van der Waals surface area contributed by atoms with Gasteiger partial charge in [0.05, 0.1) is 6.54 Å². The highest BCUT2D eigenvalue weighted by molar-refractivity contribution is 5.59. The summed E-state index contributed by atoms with van der Waals surface area (Å²) in [4.78, 5) is 4.18. The predicted octanol–water partition coefficient (Wildman–Crippen LogP) is 2.46. The molecule has 0 radical (unpaired) electrons. The van der Waals surface area contributed by atoms with Crippen LogP contribution in [0.1, 0.15) is 30.1 Å². The molecule has 28 heavy (non-hydrogen) atoms. The lowest BCUT2D eigenvalue weighted by Gasteiger charge is -2.07. The smallest absolute Gasteiger partial charge is 0.167 e. The number of nitrogens with one attached hydrogen (secondary N) is 1. The average molecular weight is 374 g/mol. The zero-order valence-electron chi connectivity index (χ0n) is 15.7. The molecule has 4 atom stereocenters. The van der Waals surface area contributed by atoms with Crippen LogP contribution in [0.5, 0.6) is 0 Å². The Morgan fingerprint density at radius 3 is 2.82 bits per heavy atom. The van der Waals surface area contributed by atoms with Gasteiger partial charge in [-0.15, -0.1) is 0 Å². The fraction of sp³-hybridized carbons (Fsp3) is 0.364. The van der Waals surface area contributed by atoms with E-state index in [2.05, 4.69) is 27.3 Å². The fourth-order valence-corrected chi connectivity index (χ4v) is 4.04. The van der Waals surface area contributed by atoms with Crippen LogP contribution in [0.3, 0.4) is 0 Å². The van der Waals surface area contributed by atoms with Crippen LogP contribution in [0.25, 0.3) is 11.3 Å². The summed E-state index contributed by atoms with van der Waals surface area (Å²) in [6, 6.07) is 10.0. The van der Waals surface area contributed by atoms with Gasteiger partial charge >= 0.3 is 0 Å². The molecule has 2 aromatic heterocycles. The molecule has 6 nitrogen and oxygen atoms in total. The van der Waals surface area contributed by atoms with E-state index in [1.807, 2.05) is 41.1 Å². The molecule has 3 aromatic rings. The van der Waals surface area contributed by atoms with Crippen molar-refractivity contribution in [1.82, 2.24) is 20.0 Å². The van der Waals surface area contributed by atoms with Gasteiger partial charge in [0.25, 0.3) is 0 Å². The first-order valence-corrected chi connectivity index (χ1v) is 9.66. The van der Waals surface area contributed by atoms with Crippen molar-refractivity contribution in [1.29, 1.82) is 0 Å². The molecule has 2 N–H and O–H groups in total. The van der Waals surface area contributed by atoms with E-state index < -0.39 is 6.10 Å². The summed E-state index contributed by atoms with van der Waals surface area (Å²) >= 11 is 0. The lowest BCUT2D eigenvalue weighted by Crippen LogP contribution is -2.13. The van der Waals surface area contributed by atoms with Crippen LogP contribution in [-0.2, 0) is 6.54 Å². The topological polar surface area (TPSA) is 76.1 Å². The number of hydrogen-bond donors (Lipinski definition) is 2. The maximum absolute atomic E-state index is 9.77. The Labute approximate surface area is 163 Å². The maximum Gasteiger partial charge on any atom is 0.167 e. The van der Waals surface area contributed by atoms with Gasteiger partial charge in [0, 0.05) is 35.5 Å². The number of fused-ring (bicyclic) bond motifs is 1. The van der Waals surface area contributed by atoms with Crippen LogP contribution in [0.4, 0.5) is 0 Å². The van der Waals surface area contributed by atoms with E-state index in [0.29, 0.717) is 18.3 Å². The van der Waals surface area contributed by atoms with Crippen molar-refractivity contribution in [2.75, 3.05) is 13.1 Å². The van der Waals surface area contributed by atoms with Crippen LogP contribution in [0.2, 0.25) is 0 Å². The first kappa shape index (κ1) is 17.2. The number of nitrogens with zero attached hydrogens (tertiary/aromatic N) is 3. The summed E-state index contributed by atoms with van der Waals surface area (Å²) in [6.45, 7) is 4.44. The summed E-state index contributed by atoms with van der Waals surface area (Å²) < 4.78 is 7.38. The average Bonchev–Trinajstić information content (AvgIpc) is 3.21. The summed E-state index contributed by atoms with van der Waals surface area (Å²) in [5.41, 5.74) is 2.78. The highest BCUT2D eigenvalue weighted by Gasteiger charge is 2.51. The molecule has 1 aliphatic carbocycles. The largest absolute Gasteiger partial charge is 0.385 e. The van der Waals surface area contributed by atoms with Crippen molar-refractivity contribution in [2.45, 2.75) is 19.6 Å². The number of aromatic nitrogens is 3. The van der Waals surface area contributed by atoms with E-state index in [4.69, 9.17) is 4.52 Å². The van der Waals surface area contributed by atoms with Crippen molar-refractivity contribution >= 4 is 0 Å². The second-order valence-electron chi connectivity index (χ2n) is 7.63. The SMILES string of the molecule is C[C@H](O)c1nccn1Cc1cc(-c2ccc(C#CC3[C@H]4CNC[C@@H]34)cc2)on1. The lowest BCUT2D eigenvalue weighted by atomic mass is 10.1. The Morgan fingerprint density at radius 1 is 1.29 bits per heavy atom. The summed E-state index contributed by atoms with van der Waals surface area (Å²) in [5, 5.41) is 17.3. The molecular formula is C22H22N4O2. The number of imidazole rings is 1. The second kappa shape index (κ2) is 6.93. The normalized spacial score (nSPS) is 23.7. The van der Waals surface area contributed by atoms with Gasteiger partial charge in [0.2, 0.25) is 0 Å². The van der Waals surface area contributed by atoms with Gasteiger partial charge in [-0.25, -0.2) is 4.98 Å². The second-order valence-corrected chi connectivity index (χ2v) is 7.63. The third kappa shape index (κ3) is 3.24. The predicted molar refractivity (Wildman–Crippen MR) is 104 cm³/mol. The summed E-state index contributed by atoms with van der Waals surface area (Å²) in [5.74, 6) is 10.2. The van der Waals surface area contributed by atoms with Gasteiger partial charge in [-0.1, -0.05) is 17.0 Å². The van der Waals surface area contributed by atoms with E-state index >= 15 is 0 Å². The molecule has 6 heteroatoms. The molecule has 2 fully saturated rings. The van der Waals surface area contributed by atoms with Crippen molar-refractivity contribution in [2.24, 2.45) is 17.8 Å². The first-order chi connectivity index (χ1) is 13.7. The molecule has 1 saturated heterocycles. The molecule has 1 aliphatic heterocycles. The van der Waals surface area contributed by atoms with Crippen LogP contribution in [0, 0.1) is 29.6 Å². The molecule has 3 heterocycles. The minimum Gasteiger partial charge on any atom is -0.385 e. The zero-order chi connectivity index (χ0) is 19.1. The zero-order valence-corrected chi connectivity index (χ0v) is 15.7. The third-order valence-corrected chi connectivity index (χ3v) is 5.66. The van der Waals surface area contributed by atoms with Gasteiger partial charge in [0.15, 0.2) is 5.76 Å². The number of hydrogen-bond acceptors (Lipinski definition) is 5. The van der Waals surface area contributed by atoms with Crippen LogP contribution >= 0.6 is 0 Å². The monoisotopic (exact) mass is 374 g/mol. The van der Waals surface area contributed by atoms with Crippen LogP contribution < -0.4 is 5.32 Å². The third-order valence-electron chi connectivity index (χ3n) is 5.66. The van der Waals surface area contributed by atoms with Crippen LogP contribution in [0.15, 0.2) is 47.2 Å². The molecule has 2 aliphatic rings. The van der Waals surface area contributed by atoms with Gasteiger partial charge in [-0.2, -0.15) is 0 Å². The van der Waals surface area contributed by atoms with Crippen molar-refractivity contribution in [3.63, 3.8) is 0 Å². The Bertz CT molecular complexity index is 1030. The van der Waals surface area contributed by atoms with Gasteiger partial charge in [0.1, 0.15) is 17.6 Å². The highest BCUT2D eigenvalue weighted by Crippen LogP contribution is 2.48. The number of rotatable bonds is 4. The molecule has 0 spiro atoms. The molecular weight excluding hydrogens is 352 g/mol. The standard InChI is InChI=1S/C22H22N4O2/c1-14(27)22-24-8-9-26(22)13-17-10-21(28-25-17)16-5-2-15(3-6-16)4-7-18-19-11-23-12-20(18)19/h2-3,5-6,8-10,14,18-20,23,27H,11-13H2,1H3/t14-,18?,19-,20+/m0/s1.